The monoisotopic (exact) mass is 399 g/mol. The number of methoxy groups -OCH3 is 1. The van der Waals surface area contributed by atoms with Crippen LogP contribution in [0, 0.1) is 13.7 Å². The Labute approximate surface area is 134 Å². The van der Waals surface area contributed by atoms with Gasteiger partial charge >= 0.3 is 11.7 Å². The number of halogens is 1. The molecule has 7 heteroatoms. The molecule has 0 heterocycles. The molecule has 0 N–H and O–H groups in total. The van der Waals surface area contributed by atoms with Gasteiger partial charge in [0.05, 0.1) is 23.7 Å². The number of nitro benzene ring substituents is 1. The molecule has 0 fully saturated rings. The largest absolute Gasteiger partial charge is 0.496 e. The lowest BCUT2D eigenvalue weighted by Crippen LogP contribution is -2.11. The lowest BCUT2D eigenvalue weighted by atomic mass is 10.2. The van der Waals surface area contributed by atoms with Gasteiger partial charge in [0.2, 0.25) is 5.75 Å². The van der Waals surface area contributed by atoms with Gasteiger partial charge in [0.25, 0.3) is 0 Å². The van der Waals surface area contributed by atoms with E-state index in [0.717, 1.165) is 0 Å². The summed E-state index contributed by atoms with van der Waals surface area (Å²) in [5.74, 6) is -0.450. The lowest BCUT2D eigenvalue weighted by Gasteiger charge is -2.07. The highest BCUT2D eigenvalue weighted by Gasteiger charge is 2.21. The molecule has 0 amide bonds. The Morgan fingerprint density at radius 3 is 2.57 bits per heavy atom. The maximum absolute atomic E-state index is 12.1. The van der Waals surface area contributed by atoms with Crippen molar-refractivity contribution in [1.29, 1.82) is 0 Å². The lowest BCUT2D eigenvalue weighted by molar-refractivity contribution is -0.385. The maximum Gasteiger partial charge on any atom is 0.344 e. The van der Waals surface area contributed by atoms with Crippen LogP contribution in [0.2, 0.25) is 0 Å². The van der Waals surface area contributed by atoms with Crippen molar-refractivity contribution < 1.29 is 19.2 Å². The van der Waals surface area contributed by atoms with Crippen LogP contribution in [-0.4, -0.2) is 18.0 Å². The van der Waals surface area contributed by atoms with E-state index in [0.29, 0.717) is 14.9 Å². The number of hydrogen-bond donors (Lipinski definition) is 0. The molecule has 2 rings (SSSR count). The second-order valence-corrected chi connectivity index (χ2v) is 5.12. The zero-order chi connectivity index (χ0) is 15.4. The molecule has 0 spiro atoms. The van der Waals surface area contributed by atoms with Gasteiger partial charge in [-0.25, -0.2) is 4.79 Å². The molecule has 0 bridgehead atoms. The van der Waals surface area contributed by atoms with Crippen molar-refractivity contribution in [3.05, 3.63) is 61.7 Å². The van der Waals surface area contributed by atoms with Crippen LogP contribution in [0.5, 0.6) is 11.5 Å². The fourth-order valence-corrected chi connectivity index (χ4v) is 2.24. The van der Waals surface area contributed by atoms with Crippen LogP contribution < -0.4 is 9.47 Å². The SMILES string of the molecule is COc1ccc(OC(=O)c2ccccc2I)c([N+](=O)[O-])c1. The molecule has 6 nitrogen and oxygen atoms in total. The molecule has 0 saturated carbocycles. The quantitative estimate of drug-likeness (QED) is 0.259. The number of nitrogens with zero attached hydrogens (tertiary/aromatic N) is 1. The van der Waals surface area contributed by atoms with Gasteiger partial charge in [0.1, 0.15) is 5.75 Å². The van der Waals surface area contributed by atoms with Crippen molar-refractivity contribution in [2.24, 2.45) is 0 Å². The first kappa shape index (κ1) is 15.2. The van der Waals surface area contributed by atoms with Crippen molar-refractivity contribution in [3.8, 4) is 11.5 Å². The summed E-state index contributed by atoms with van der Waals surface area (Å²) in [6.45, 7) is 0. The Morgan fingerprint density at radius 1 is 1.24 bits per heavy atom. The minimum Gasteiger partial charge on any atom is -0.496 e. The van der Waals surface area contributed by atoms with E-state index in [9.17, 15) is 14.9 Å². The van der Waals surface area contributed by atoms with E-state index < -0.39 is 10.9 Å². The summed E-state index contributed by atoms with van der Waals surface area (Å²) in [5.41, 5.74) is 0.0249. The van der Waals surface area contributed by atoms with Crippen molar-refractivity contribution in [1.82, 2.24) is 0 Å². The van der Waals surface area contributed by atoms with Crippen LogP contribution in [0.1, 0.15) is 10.4 Å². The number of rotatable bonds is 4. The minimum atomic E-state index is -0.645. The third kappa shape index (κ3) is 3.48. The van der Waals surface area contributed by atoms with E-state index in [1.165, 1.54) is 25.3 Å². The molecule has 108 valence electrons. The normalized spacial score (nSPS) is 10.0. The molecule has 0 aliphatic carbocycles. The molecule has 0 aliphatic rings. The van der Waals surface area contributed by atoms with Crippen molar-refractivity contribution in [2.75, 3.05) is 7.11 Å². The third-order valence-electron chi connectivity index (χ3n) is 2.66. The summed E-state index contributed by atoms with van der Waals surface area (Å²) in [6, 6.07) is 10.9. The number of hydrogen-bond acceptors (Lipinski definition) is 5. The van der Waals surface area contributed by atoms with Crippen LogP contribution in [0.4, 0.5) is 5.69 Å². The van der Waals surface area contributed by atoms with E-state index in [1.54, 1.807) is 24.3 Å². The summed E-state index contributed by atoms with van der Waals surface area (Å²) in [7, 11) is 1.40. The highest BCUT2D eigenvalue weighted by Crippen LogP contribution is 2.31. The standard InChI is InChI=1S/C14H10INO5/c1-20-9-6-7-13(12(8-9)16(18)19)21-14(17)10-4-2-3-5-11(10)15/h2-8H,1H3. The Balaban J connectivity index is 2.33. The molecule has 0 atom stereocenters. The first-order valence-corrected chi connectivity index (χ1v) is 6.90. The van der Waals surface area contributed by atoms with Gasteiger partial charge in [-0.15, -0.1) is 0 Å². The van der Waals surface area contributed by atoms with Crippen molar-refractivity contribution >= 4 is 34.2 Å². The summed E-state index contributed by atoms with van der Waals surface area (Å²) >= 11 is 2.00. The van der Waals surface area contributed by atoms with Gasteiger partial charge in [0.15, 0.2) is 0 Å². The molecule has 2 aromatic carbocycles. The van der Waals surface area contributed by atoms with Crippen LogP contribution in [-0.2, 0) is 0 Å². The van der Waals surface area contributed by atoms with Gasteiger partial charge < -0.3 is 9.47 Å². The summed E-state index contributed by atoms with van der Waals surface area (Å²) < 4.78 is 10.8. The van der Waals surface area contributed by atoms with Crippen LogP contribution in [0.3, 0.4) is 0 Å². The van der Waals surface area contributed by atoms with E-state index in [4.69, 9.17) is 9.47 Å². The average molecular weight is 399 g/mol. The maximum atomic E-state index is 12.1. The van der Waals surface area contributed by atoms with Gasteiger partial charge in [0, 0.05) is 3.57 Å². The molecule has 0 aromatic heterocycles. The van der Waals surface area contributed by atoms with E-state index in [2.05, 4.69) is 0 Å². The number of nitro groups is 1. The zero-order valence-corrected chi connectivity index (χ0v) is 13.1. The topological polar surface area (TPSA) is 78.7 Å². The Hall–Kier alpha value is -2.16. The molecule has 0 radical (unpaired) electrons. The zero-order valence-electron chi connectivity index (χ0n) is 10.9. The van der Waals surface area contributed by atoms with E-state index in [-0.39, 0.29) is 11.4 Å². The second-order valence-electron chi connectivity index (χ2n) is 3.96. The van der Waals surface area contributed by atoms with E-state index >= 15 is 0 Å². The van der Waals surface area contributed by atoms with Crippen LogP contribution >= 0.6 is 22.6 Å². The molecule has 0 saturated heterocycles. The van der Waals surface area contributed by atoms with Crippen LogP contribution in [0.25, 0.3) is 0 Å². The first-order valence-electron chi connectivity index (χ1n) is 5.82. The third-order valence-corrected chi connectivity index (χ3v) is 3.60. The predicted molar refractivity (Wildman–Crippen MR) is 83.8 cm³/mol. The molecular weight excluding hydrogens is 389 g/mol. The Kier molecular flexibility index (Phi) is 4.73. The second kappa shape index (κ2) is 6.53. The summed E-state index contributed by atoms with van der Waals surface area (Å²) in [6.07, 6.45) is 0. The highest BCUT2D eigenvalue weighted by molar-refractivity contribution is 14.1. The van der Waals surface area contributed by atoms with Gasteiger partial charge in [-0.1, -0.05) is 12.1 Å². The number of carbonyl (C=O) groups excluding carboxylic acids is 1. The fraction of sp³-hybridized carbons (Fsp3) is 0.0714. The predicted octanol–water partition coefficient (Wildman–Crippen LogP) is 3.43. The van der Waals surface area contributed by atoms with Gasteiger partial charge in [-0.3, -0.25) is 10.1 Å². The Morgan fingerprint density at radius 2 is 1.95 bits per heavy atom. The molecule has 0 unspecified atom stereocenters. The van der Waals surface area contributed by atoms with Crippen LogP contribution in [0.15, 0.2) is 42.5 Å². The molecule has 0 aliphatic heterocycles. The fourth-order valence-electron chi connectivity index (χ4n) is 1.63. The molecular formula is C14H10INO5. The molecule has 21 heavy (non-hydrogen) atoms. The number of benzene rings is 2. The smallest absolute Gasteiger partial charge is 0.344 e. The average Bonchev–Trinajstić information content (AvgIpc) is 2.47. The minimum absolute atomic E-state index is 0.120. The molecule has 2 aromatic rings. The number of carbonyl (C=O) groups is 1. The number of esters is 1. The highest BCUT2D eigenvalue weighted by atomic mass is 127. The Bertz CT molecular complexity index is 702. The van der Waals surface area contributed by atoms with Gasteiger partial charge in [-0.2, -0.15) is 0 Å². The van der Waals surface area contributed by atoms with Gasteiger partial charge in [-0.05, 0) is 46.9 Å². The first-order chi connectivity index (χ1) is 10.0. The van der Waals surface area contributed by atoms with Crippen molar-refractivity contribution in [2.45, 2.75) is 0 Å². The number of ether oxygens (including phenoxy) is 2. The summed E-state index contributed by atoms with van der Waals surface area (Å²) in [5, 5.41) is 11.0. The van der Waals surface area contributed by atoms with Crippen molar-refractivity contribution in [3.63, 3.8) is 0 Å². The summed E-state index contributed by atoms with van der Waals surface area (Å²) in [4.78, 5) is 22.5. The van der Waals surface area contributed by atoms with E-state index in [1.807, 2.05) is 22.6 Å².